The molecule has 0 fully saturated rings. The number of halogens is 3. The van der Waals surface area contributed by atoms with Crippen molar-refractivity contribution in [1.29, 1.82) is 0 Å². The van der Waals surface area contributed by atoms with Gasteiger partial charge >= 0.3 is 0 Å². The Labute approximate surface area is 117 Å². The first-order chi connectivity index (χ1) is 9.65. The number of pyridine rings is 1. The number of nitrogens with zero attached hydrogens (tertiary/aromatic N) is 3. The summed E-state index contributed by atoms with van der Waals surface area (Å²) in [6.07, 6.45) is 3.16. The number of rotatable bonds is 2. The minimum absolute atomic E-state index is 0.00571. The fraction of sp³-hybridized carbons (Fsp3) is 0. The Balaban J connectivity index is 2.05. The first kappa shape index (κ1) is 12.7. The molecule has 0 bridgehead atoms. The first-order valence-electron chi connectivity index (χ1n) is 5.54. The number of benzene rings is 1. The highest BCUT2D eigenvalue weighted by Gasteiger charge is 2.16. The summed E-state index contributed by atoms with van der Waals surface area (Å²) in [6, 6.07) is 5.17. The van der Waals surface area contributed by atoms with E-state index in [1.54, 1.807) is 24.5 Å². The molecule has 4 nitrogen and oxygen atoms in total. The van der Waals surface area contributed by atoms with Gasteiger partial charge in [-0.3, -0.25) is 4.98 Å². The van der Waals surface area contributed by atoms with E-state index in [-0.39, 0.29) is 16.5 Å². The van der Waals surface area contributed by atoms with Crippen LogP contribution in [0.4, 0.5) is 8.78 Å². The van der Waals surface area contributed by atoms with Crippen molar-refractivity contribution in [2.24, 2.45) is 0 Å². The topological polar surface area (TPSA) is 51.8 Å². The zero-order valence-corrected chi connectivity index (χ0v) is 10.6. The summed E-state index contributed by atoms with van der Waals surface area (Å²) in [5.74, 6) is -1.75. The van der Waals surface area contributed by atoms with Crippen LogP contribution in [0.25, 0.3) is 22.8 Å². The van der Waals surface area contributed by atoms with E-state index >= 15 is 0 Å². The van der Waals surface area contributed by atoms with E-state index in [0.29, 0.717) is 11.4 Å². The molecule has 2 heterocycles. The van der Waals surface area contributed by atoms with Gasteiger partial charge in [0.05, 0.1) is 10.6 Å². The predicted octanol–water partition coefficient (Wildman–Crippen LogP) is 3.73. The zero-order valence-electron chi connectivity index (χ0n) is 9.85. The van der Waals surface area contributed by atoms with Crippen molar-refractivity contribution in [1.82, 2.24) is 15.1 Å². The van der Waals surface area contributed by atoms with Crippen molar-refractivity contribution in [3.63, 3.8) is 0 Å². The molecular weight excluding hydrogens is 288 g/mol. The summed E-state index contributed by atoms with van der Waals surface area (Å²) in [5, 5.41) is 3.76. The summed E-state index contributed by atoms with van der Waals surface area (Å²) in [7, 11) is 0. The van der Waals surface area contributed by atoms with E-state index < -0.39 is 11.6 Å². The monoisotopic (exact) mass is 293 g/mol. The van der Waals surface area contributed by atoms with Crippen LogP contribution < -0.4 is 0 Å². The van der Waals surface area contributed by atoms with Gasteiger partial charge in [0, 0.05) is 18.0 Å². The lowest BCUT2D eigenvalue weighted by Gasteiger charge is -1.99. The van der Waals surface area contributed by atoms with Crippen LogP contribution in [0, 0.1) is 11.6 Å². The second kappa shape index (κ2) is 4.97. The highest BCUT2D eigenvalue weighted by Crippen LogP contribution is 2.30. The van der Waals surface area contributed by atoms with Crippen molar-refractivity contribution >= 4 is 11.6 Å². The van der Waals surface area contributed by atoms with Crippen LogP contribution in [-0.4, -0.2) is 15.1 Å². The van der Waals surface area contributed by atoms with Gasteiger partial charge in [0.2, 0.25) is 5.82 Å². The molecule has 20 heavy (non-hydrogen) atoms. The van der Waals surface area contributed by atoms with Crippen molar-refractivity contribution < 1.29 is 13.3 Å². The molecule has 7 heteroatoms. The van der Waals surface area contributed by atoms with Gasteiger partial charge in [-0.25, -0.2) is 8.78 Å². The maximum absolute atomic E-state index is 13.2. The van der Waals surface area contributed by atoms with Crippen molar-refractivity contribution in [2.45, 2.75) is 0 Å². The summed E-state index contributed by atoms with van der Waals surface area (Å²) >= 11 is 5.85. The number of hydrogen-bond donors (Lipinski definition) is 0. The molecule has 0 N–H and O–H groups in total. The second-order valence-corrected chi connectivity index (χ2v) is 4.31. The minimum atomic E-state index is -1.03. The first-order valence-corrected chi connectivity index (χ1v) is 5.92. The molecule has 3 aromatic rings. The quantitative estimate of drug-likeness (QED) is 0.676. The summed E-state index contributed by atoms with van der Waals surface area (Å²) in [4.78, 5) is 7.98. The van der Waals surface area contributed by atoms with Crippen molar-refractivity contribution in [3.05, 3.63) is 53.3 Å². The molecule has 0 amide bonds. The smallest absolute Gasteiger partial charge is 0.259 e. The van der Waals surface area contributed by atoms with Crippen LogP contribution in [0.1, 0.15) is 0 Å². The molecule has 0 saturated carbocycles. The molecule has 0 unspecified atom stereocenters. The predicted molar refractivity (Wildman–Crippen MR) is 67.9 cm³/mol. The summed E-state index contributed by atoms with van der Waals surface area (Å²) in [5.41, 5.74) is 0.826. The Morgan fingerprint density at radius 3 is 2.50 bits per heavy atom. The second-order valence-electron chi connectivity index (χ2n) is 3.91. The molecule has 3 rings (SSSR count). The Hall–Kier alpha value is -2.34. The highest BCUT2D eigenvalue weighted by molar-refractivity contribution is 6.33. The lowest BCUT2D eigenvalue weighted by atomic mass is 10.2. The van der Waals surface area contributed by atoms with Gasteiger partial charge in [-0.2, -0.15) is 4.98 Å². The normalized spacial score (nSPS) is 10.8. The maximum atomic E-state index is 13.2. The summed E-state index contributed by atoms with van der Waals surface area (Å²) in [6.45, 7) is 0. The van der Waals surface area contributed by atoms with Gasteiger partial charge in [-0.05, 0) is 24.3 Å². The largest absolute Gasteiger partial charge is 0.334 e. The highest BCUT2D eigenvalue weighted by atomic mass is 35.5. The van der Waals surface area contributed by atoms with Crippen LogP contribution in [0.3, 0.4) is 0 Å². The van der Waals surface area contributed by atoms with Gasteiger partial charge in [0.15, 0.2) is 11.6 Å². The fourth-order valence-electron chi connectivity index (χ4n) is 1.64. The standard InChI is InChI=1S/C13H6ClF2N3O/c14-9-6-11(16)10(15)5-8(9)13-18-12(19-20-13)7-1-3-17-4-2-7/h1-6H. The molecule has 100 valence electrons. The minimum Gasteiger partial charge on any atom is -0.334 e. The Kier molecular flexibility index (Phi) is 3.15. The van der Waals surface area contributed by atoms with Gasteiger partial charge in [-0.1, -0.05) is 16.8 Å². The lowest BCUT2D eigenvalue weighted by molar-refractivity contribution is 0.431. The van der Waals surface area contributed by atoms with Crippen molar-refractivity contribution in [2.75, 3.05) is 0 Å². The van der Waals surface area contributed by atoms with E-state index in [9.17, 15) is 8.78 Å². The molecule has 2 aromatic heterocycles. The van der Waals surface area contributed by atoms with E-state index in [0.717, 1.165) is 12.1 Å². The maximum Gasteiger partial charge on any atom is 0.259 e. The van der Waals surface area contributed by atoms with Gasteiger partial charge in [0.25, 0.3) is 5.89 Å². The Morgan fingerprint density at radius 1 is 1.05 bits per heavy atom. The zero-order chi connectivity index (χ0) is 14.1. The molecular formula is C13H6ClF2N3O. The van der Waals surface area contributed by atoms with Crippen LogP contribution >= 0.6 is 11.6 Å². The molecule has 0 saturated heterocycles. The lowest BCUT2D eigenvalue weighted by Crippen LogP contribution is -1.88. The summed E-state index contributed by atoms with van der Waals surface area (Å²) < 4.78 is 31.3. The SMILES string of the molecule is Fc1cc(Cl)c(-c2nc(-c3ccncc3)no2)cc1F. The number of hydrogen-bond acceptors (Lipinski definition) is 4. The molecule has 0 atom stereocenters. The van der Waals surface area contributed by atoms with E-state index in [4.69, 9.17) is 16.1 Å². The molecule has 0 radical (unpaired) electrons. The van der Waals surface area contributed by atoms with Crippen molar-refractivity contribution in [3.8, 4) is 22.8 Å². The van der Waals surface area contributed by atoms with E-state index in [2.05, 4.69) is 15.1 Å². The molecule has 1 aromatic carbocycles. The van der Waals surface area contributed by atoms with Crippen LogP contribution in [0.2, 0.25) is 5.02 Å². The molecule has 0 aliphatic rings. The van der Waals surface area contributed by atoms with Crippen LogP contribution in [-0.2, 0) is 0 Å². The molecule has 0 aliphatic heterocycles. The van der Waals surface area contributed by atoms with Crippen LogP contribution in [0.15, 0.2) is 41.2 Å². The third kappa shape index (κ3) is 2.25. The third-order valence-corrected chi connectivity index (χ3v) is 2.92. The average molecular weight is 294 g/mol. The van der Waals surface area contributed by atoms with Gasteiger partial charge in [0.1, 0.15) is 0 Å². The fourth-order valence-corrected chi connectivity index (χ4v) is 1.87. The molecule has 0 spiro atoms. The average Bonchev–Trinajstić information content (AvgIpc) is 2.93. The van der Waals surface area contributed by atoms with Gasteiger partial charge < -0.3 is 4.52 Å². The third-order valence-electron chi connectivity index (χ3n) is 2.60. The Morgan fingerprint density at radius 2 is 1.75 bits per heavy atom. The molecule has 0 aliphatic carbocycles. The Bertz CT molecular complexity index is 762. The van der Waals surface area contributed by atoms with E-state index in [1.165, 1.54) is 0 Å². The number of aromatic nitrogens is 3. The van der Waals surface area contributed by atoms with E-state index in [1.807, 2.05) is 0 Å². The van der Waals surface area contributed by atoms with Gasteiger partial charge in [-0.15, -0.1) is 0 Å². The van der Waals surface area contributed by atoms with Crippen LogP contribution in [0.5, 0.6) is 0 Å².